The highest BCUT2D eigenvalue weighted by atomic mass is 16.2. The quantitative estimate of drug-likeness (QED) is 0.896. The number of nitrogens with zero attached hydrogens (tertiary/aromatic N) is 5. The summed E-state index contributed by atoms with van der Waals surface area (Å²) >= 11 is 0. The van der Waals surface area contributed by atoms with Crippen molar-refractivity contribution in [2.75, 3.05) is 13.1 Å². The first kappa shape index (κ1) is 17.1. The van der Waals surface area contributed by atoms with Gasteiger partial charge in [0, 0.05) is 19.1 Å². The Kier molecular flexibility index (Phi) is 5.06. The number of hydrogen-bond donors (Lipinski definition) is 1. The lowest BCUT2D eigenvalue weighted by Gasteiger charge is -2.32. The van der Waals surface area contributed by atoms with Gasteiger partial charge in [0.05, 0.1) is 17.2 Å². The molecule has 132 valence electrons. The van der Waals surface area contributed by atoms with E-state index < -0.39 is 0 Å². The van der Waals surface area contributed by atoms with Gasteiger partial charge in [-0.25, -0.2) is 0 Å². The molecule has 1 saturated heterocycles. The third-order valence-corrected chi connectivity index (χ3v) is 4.24. The molecule has 8 nitrogen and oxygen atoms in total. The average molecular weight is 342 g/mol. The summed E-state index contributed by atoms with van der Waals surface area (Å²) < 4.78 is 1.47. The van der Waals surface area contributed by atoms with Gasteiger partial charge in [0.25, 0.3) is 5.91 Å². The Morgan fingerprint density at radius 2 is 2.08 bits per heavy atom. The van der Waals surface area contributed by atoms with E-state index in [-0.39, 0.29) is 23.8 Å². The molecule has 0 aliphatic carbocycles. The van der Waals surface area contributed by atoms with Crippen LogP contribution in [0.4, 0.5) is 0 Å². The number of piperidine rings is 1. The van der Waals surface area contributed by atoms with E-state index in [2.05, 4.69) is 20.8 Å². The molecule has 1 fully saturated rings. The van der Waals surface area contributed by atoms with Crippen LogP contribution in [-0.4, -0.2) is 56.1 Å². The number of rotatable bonds is 4. The second kappa shape index (κ2) is 7.42. The number of aromatic nitrogens is 4. The second-order valence-electron chi connectivity index (χ2n) is 6.53. The van der Waals surface area contributed by atoms with Gasteiger partial charge in [-0.1, -0.05) is 12.1 Å². The fraction of sp³-hybridized carbons (Fsp3) is 0.471. The number of amides is 2. The molecule has 0 radical (unpaired) electrons. The highest BCUT2D eigenvalue weighted by molar-refractivity contribution is 5.98. The number of benzene rings is 1. The van der Waals surface area contributed by atoms with Gasteiger partial charge in [-0.05, 0) is 49.2 Å². The maximum atomic E-state index is 13.0. The van der Waals surface area contributed by atoms with Crippen molar-refractivity contribution >= 4 is 11.8 Å². The van der Waals surface area contributed by atoms with Crippen LogP contribution in [0.5, 0.6) is 0 Å². The molecule has 1 aliphatic heterocycles. The molecule has 1 N–H and O–H groups in total. The van der Waals surface area contributed by atoms with Crippen LogP contribution < -0.4 is 5.32 Å². The Morgan fingerprint density at radius 3 is 2.80 bits per heavy atom. The minimum absolute atomic E-state index is 0.0151. The maximum Gasteiger partial charge on any atom is 0.256 e. The molecule has 1 aromatic heterocycles. The van der Waals surface area contributed by atoms with Gasteiger partial charge >= 0.3 is 0 Å². The second-order valence-corrected chi connectivity index (χ2v) is 6.53. The van der Waals surface area contributed by atoms with Crippen molar-refractivity contribution in [3.63, 3.8) is 0 Å². The lowest BCUT2D eigenvalue weighted by atomic mass is 9.96. The van der Waals surface area contributed by atoms with Gasteiger partial charge in [-0.15, -0.1) is 5.10 Å². The molecule has 0 saturated carbocycles. The SMILES string of the molecule is CC(C)NC(=O)C1CCCN(C(=O)c2ccccc2-n2cnnn2)C1. The Labute approximate surface area is 146 Å². The number of carbonyl (C=O) groups is 2. The molecule has 1 atom stereocenters. The molecule has 1 aromatic carbocycles. The van der Waals surface area contributed by atoms with Crippen molar-refractivity contribution in [1.82, 2.24) is 30.4 Å². The number of nitrogens with one attached hydrogen (secondary N) is 1. The van der Waals surface area contributed by atoms with Gasteiger partial charge in [-0.3, -0.25) is 9.59 Å². The summed E-state index contributed by atoms with van der Waals surface area (Å²) in [5.74, 6) is -0.255. The fourth-order valence-corrected chi connectivity index (χ4v) is 3.07. The van der Waals surface area contributed by atoms with E-state index in [4.69, 9.17) is 0 Å². The summed E-state index contributed by atoms with van der Waals surface area (Å²) in [6.07, 6.45) is 3.08. The predicted octanol–water partition coefficient (Wildman–Crippen LogP) is 1.04. The zero-order valence-corrected chi connectivity index (χ0v) is 14.4. The normalized spacial score (nSPS) is 17.6. The lowest BCUT2D eigenvalue weighted by molar-refractivity contribution is -0.126. The van der Waals surface area contributed by atoms with E-state index in [1.807, 2.05) is 26.0 Å². The van der Waals surface area contributed by atoms with Gasteiger partial charge in [-0.2, -0.15) is 4.68 Å². The van der Waals surface area contributed by atoms with Crippen molar-refractivity contribution in [2.24, 2.45) is 5.92 Å². The fourth-order valence-electron chi connectivity index (χ4n) is 3.07. The first-order valence-electron chi connectivity index (χ1n) is 8.48. The van der Waals surface area contributed by atoms with Crippen molar-refractivity contribution < 1.29 is 9.59 Å². The predicted molar refractivity (Wildman–Crippen MR) is 91.1 cm³/mol. The van der Waals surface area contributed by atoms with Crippen molar-refractivity contribution in [3.8, 4) is 5.69 Å². The molecule has 25 heavy (non-hydrogen) atoms. The minimum Gasteiger partial charge on any atom is -0.354 e. The Morgan fingerprint density at radius 1 is 1.28 bits per heavy atom. The standard InChI is InChI=1S/C17H22N6O2/c1-12(2)19-16(24)13-6-5-9-22(10-13)17(25)14-7-3-4-8-15(14)23-11-18-20-21-23/h3-4,7-8,11-13H,5-6,9-10H2,1-2H3,(H,19,24). The van der Waals surface area contributed by atoms with Crippen LogP contribution in [0.3, 0.4) is 0 Å². The molecule has 2 amide bonds. The van der Waals surface area contributed by atoms with Crippen LogP contribution in [0.1, 0.15) is 37.0 Å². The van der Waals surface area contributed by atoms with Crippen LogP contribution in [0.25, 0.3) is 5.69 Å². The Balaban J connectivity index is 1.78. The van der Waals surface area contributed by atoms with Gasteiger partial charge in [0.1, 0.15) is 6.33 Å². The molecule has 0 spiro atoms. The van der Waals surface area contributed by atoms with Crippen LogP contribution in [0.2, 0.25) is 0 Å². The van der Waals surface area contributed by atoms with E-state index in [9.17, 15) is 9.59 Å². The molecule has 0 bridgehead atoms. The first-order valence-corrected chi connectivity index (χ1v) is 8.48. The topological polar surface area (TPSA) is 93.0 Å². The molecule has 1 unspecified atom stereocenters. The number of para-hydroxylation sites is 1. The van der Waals surface area contributed by atoms with Gasteiger partial charge in [0.2, 0.25) is 5.91 Å². The summed E-state index contributed by atoms with van der Waals surface area (Å²) in [6, 6.07) is 7.31. The monoisotopic (exact) mass is 342 g/mol. The van der Waals surface area contributed by atoms with Crippen molar-refractivity contribution in [2.45, 2.75) is 32.7 Å². The van der Waals surface area contributed by atoms with E-state index in [0.717, 1.165) is 12.8 Å². The molecule has 8 heteroatoms. The molecule has 1 aliphatic rings. The van der Waals surface area contributed by atoms with Gasteiger partial charge < -0.3 is 10.2 Å². The number of hydrogen-bond acceptors (Lipinski definition) is 5. The molecule has 2 heterocycles. The molecule has 3 rings (SSSR count). The third-order valence-electron chi connectivity index (χ3n) is 4.24. The number of carbonyl (C=O) groups excluding carboxylic acids is 2. The minimum atomic E-state index is -0.166. The summed E-state index contributed by atoms with van der Waals surface area (Å²) in [5, 5.41) is 14.1. The third kappa shape index (κ3) is 3.84. The van der Waals surface area contributed by atoms with E-state index in [1.165, 1.54) is 11.0 Å². The zero-order valence-electron chi connectivity index (χ0n) is 14.4. The Bertz CT molecular complexity index is 743. The lowest BCUT2D eigenvalue weighted by Crippen LogP contribution is -2.46. The largest absolute Gasteiger partial charge is 0.354 e. The number of tetrazole rings is 1. The average Bonchev–Trinajstić information content (AvgIpc) is 3.15. The van der Waals surface area contributed by atoms with Crippen LogP contribution in [-0.2, 0) is 4.79 Å². The summed E-state index contributed by atoms with van der Waals surface area (Å²) in [4.78, 5) is 27.1. The van der Waals surface area contributed by atoms with Crippen molar-refractivity contribution in [1.29, 1.82) is 0 Å². The molecular weight excluding hydrogens is 320 g/mol. The van der Waals surface area contributed by atoms with Crippen LogP contribution >= 0.6 is 0 Å². The van der Waals surface area contributed by atoms with E-state index in [0.29, 0.717) is 24.3 Å². The zero-order chi connectivity index (χ0) is 17.8. The van der Waals surface area contributed by atoms with Crippen molar-refractivity contribution in [3.05, 3.63) is 36.2 Å². The Hall–Kier alpha value is -2.77. The van der Waals surface area contributed by atoms with Crippen LogP contribution in [0, 0.1) is 5.92 Å². The highest BCUT2D eigenvalue weighted by Gasteiger charge is 2.30. The number of likely N-dealkylation sites (tertiary alicyclic amines) is 1. The maximum absolute atomic E-state index is 13.0. The van der Waals surface area contributed by atoms with E-state index in [1.54, 1.807) is 17.0 Å². The van der Waals surface area contributed by atoms with Crippen LogP contribution in [0.15, 0.2) is 30.6 Å². The van der Waals surface area contributed by atoms with E-state index >= 15 is 0 Å². The summed E-state index contributed by atoms with van der Waals surface area (Å²) in [6.45, 7) is 4.95. The molecular formula is C17H22N6O2. The smallest absolute Gasteiger partial charge is 0.256 e. The first-order chi connectivity index (χ1) is 12.1. The highest BCUT2D eigenvalue weighted by Crippen LogP contribution is 2.21. The summed E-state index contributed by atoms with van der Waals surface area (Å²) in [5.41, 5.74) is 1.16. The van der Waals surface area contributed by atoms with Gasteiger partial charge in [0.15, 0.2) is 0 Å². The summed E-state index contributed by atoms with van der Waals surface area (Å²) in [7, 11) is 0. The molecule has 2 aromatic rings.